The van der Waals surface area contributed by atoms with Crippen molar-refractivity contribution in [2.75, 3.05) is 11.5 Å². The van der Waals surface area contributed by atoms with Crippen molar-refractivity contribution >= 4 is 26.6 Å². The number of nitrogen functional groups attached to an aromatic ring is 1. The molecule has 0 spiro atoms. The molecule has 0 amide bonds. The van der Waals surface area contributed by atoms with Crippen molar-refractivity contribution in [3.05, 3.63) is 48.3 Å². The van der Waals surface area contributed by atoms with Gasteiger partial charge in [-0.1, -0.05) is 6.07 Å². The van der Waals surface area contributed by atoms with E-state index in [-0.39, 0.29) is 10.9 Å². The quantitative estimate of drug-likeness (QED) is 0.712. The Morgan fingerprint density at radius 2 is 2.05 bits per heavy atom. The first kappa shape index (κ1) is 13.6. The van der Waals surface area contributed by atoms with Gasteiger partial charge in [0.15, 0.2) is 0 Å². The first-order chi connectivity index (χ1) is 10.0. The molecule has 21 heavy (non-hydrogen) atoms. The van der Waals surface area contributed by atoms with Gasteiger partial charge >= 0.3 is 0 Å². The molecule has 0 fully saturated rings. The van der Waals surface area contributed by atoms with E-state index in [1.54, 1.807) is 36.5 Å². The Morgan fingerprint density at radius 1 is 1.19 bits per heavy atom. The van der Waals surface area contributed by atoms with Crippen LogP contribution in [0.15, 0.2) is 47.8 Å². The minimum Gasteiger partial charge on any atom is -0.399 e. The molecule has 0 saturated carbocycles. The van der Waals surface area contributed by atoms with E-state index >= 15 is 0 Å². The van der Waals surface area contributed by atoms with E-state index in [0.717, 1.165) is 5.69 Å². The van der Waals surface area contributed by atoms with Gasteiger partial charge in [0.05, 0.1) is 16.8 Å². The summed E-state index contributed by atoms with van der Waals surface area (Å²) in [4.78, 5) is 11.1. The maximum atomic E-state index is 12.3. The maximum Gasteiger partial charge on any atom is 0.226 e. The van der Waals surface area contributed by atoms with Gasteiger partial charge in [-0.25, -0.2) is 13.4 Å². The number of fused-ring (bicyclic) bond motifs is 1. The van der Waals surface area contributed by atoms with E-state index < -0.39 is 9.84 Å². The topological polar surface area (TPSA) is 102 Å². The summed E-state index contributed by atoms with van der Waals surface area (Å²) in [5.74, 6) is -0.0423. The summed E-state index contributed by atoms with van der Waals surface area (Å²) in [6.45, 7) is 0. The monoisotopic (exact) mass is 302 g/mol. The van der Waals surface area contributed by atoms with Crippen LogP contribution < -0.4 is 5.73 Å². The van der Waals surface area contributed by atoms with Crippen LogP contribution in [0.3, 0.4) is 0 Å². The van der Waals surface area contributed by atoms with Crippen LogP contribution >= 0.6 is 0 Å². The molecule has 2 aromatic heterocycles. The van der Waals surface area contributed by atoms with Gasteiger partial charge < -0.3 is 10.7 Å². The molecule has 6 nitrogen and oxygen atoms in total. The number of aromatic nitrogens is 3. The minimum atomic E-state index is -3.48. The van der Waals surface area contributed by atoms with Crippen LogP contribution in [0.4, 0.5) is 5.69 Å². The maximum absolute atomic E-state index is 12.3. The van der Waals surface area contributed by atoms with Crippen molar-refractivity contribution in [1.82, 2.24) is 15.0 Å². The van der Waals surface area contributed by atoms with E-state index in [1.807, 2.05) is 6.07 Å². The van der Waals surface area contributed by atoms with Crippen LogP contribution in [0.25, 0.3) is 11.0 Å². The number of nitrogens with zero attached hydrogens (tertiary/aromatic N) is 2. The van der Waals surface area contributed by atoms with E-state index in [2.05, 4.69) is 15.0 Å². The third-order valence-electron chi connectivity index (χ3n) is 3.13. The highest BCUT2D eigenvalue weighted by atomic mass is 32.2. The van der Waals surface area contributed by atoms with Crippen LogP contribution in [-0.2, 0) is 16.3 Å². The van der Waals surface area contributed by atoms with Gasteiger partial charge in [0.25, 0.3) is 0 Å². The molecule has 0 bridgehead atoms. The van der Waals surface area contributed by atoms with Crippen molar-refractivity contribution in [3.8, 4) is 0 Å². The van der Waals surface area contributed by atoms with Crippen LogP contribution in [0.5, 0.6) is 0 Å². The summed E-state index contributed by atoms with van der Waals surface area (Å²) < 4.78 is 24.6. The van der Waals surface area contributed by atoms with E-state index in [9.17, 15) is 8.42 Å². The van der Waals surface area contributed by atoms with Gasteiger partial charge in [-0.2, -0.15) is 0 Å². The number of nitrogens with one attached hydrogen (secondary N) is 1. The van der Waals surface area contributed by atoms with Gasteiger partial charge in [-0.15, -0.1) is 0 Å². The molecular formula is C14H14N4O2S. The summed E-state index contributed by atoms with van der Waals surface area (Å²) in [5, 5.41) is -0.0287. The predicted molar refractivity (Wildman–Crippen MR) is 80.5 cm³/mol. The molecule has 0 atom stereocenters. The Bertz CT molecular complexity index is 872. The number of hydrogen-bond donors (Lipinski definition) is 2. The largest absolute Gasteiger partial charge is 0.399 e. The fraction of sp³-hybridized carbons (Fsp3) is 0.143. The molecule has 3 aromatic rings. The zero-order valence-corrected chi connectivity index (χ0v) is 12.0. The highest BCUT2D eigenvalue weighted by Gasteiger charge is 2.19. The SMILES string of the molecule is Nc1ccc2nc(S(=O)(=O)CCc3ccccn3)[nH]c2c1. The first-order valence-corrected chi connectivity index (χ1v) is 8.08. The molecule has 0 aliphatic rings. The molecule has 0 radical (unpaired) electrons. The molecule has 2 heterocycles. The Hall–Kier alpha value is -2.41. The number of sulfone groups is 1. The number of hydrogen-bond acceptors (Lipinski definition) is 5. The Labute approximate surface area is 122 Å². The van der Waals surface area contributed by atoms with Crippen LogP contribution in [-0.4, -0.2) is 29.1 Å². The van der Waals surface area contributed by atoms with Crippen molar-refractivity contribution in [3.63, 3.8) is 0 Å². The molecule has 0 aliphatic carbocycles. The van der Waals surface area contributed by atoms with Gasteiger partial charge in [0, 0.05) is 24.0 Å². The number of imidazole rings is 1. The highest BCUT2D eigenvalue weighted by molar-refractivity contribution is 7.91. The highest BCUT2D eigenvalue weighted by Crippen LogP contribution is 2.18. The average Bonchev–Trinajstić information content (AvgIpc) is 2.90. The van der Waals surface area contributed by atoms with Crippen molar-refractivity contribution in [2.24, 2.45) is 0 Å². The zero-order valence-electron chi connectivity index (χ0n) is 11.2. The molecule has 3 rings (SSSR count). The van der Waals surface area contributed by atoms with Gasteiger partial charge in [-0.3, -0.25) is 4.98 Å². The predicted octanol–water partition coefficient (Wildman–Crippen LogP) is 1.56. The lowest BCUT2D eigenvalue weighted by atomic mass is 10.3. The van der Waals surface area contributed by atoms with Gasteiger partial charge in [0.2, 0.25) is 15.0 Å². The standard InChI is InChI=1S/C14H14N4O2S/c15-10-4-5-12-13(9-10)18-14(17-12)21(19,20)8-6-11-3-1-2-7-16-11/h1-5,7,9H,6,8,15H2,(H,17,18). The third-order valence-corrected chi connectivity index (χ3v) is 4.66. The lowest BCUT2D eigenvalue weighted by molar-refractivity contribution is 0.588. The molecule has 0 saturated heterocycles. The minimum absolute atomic E-state index is 0.0287. The lowest BCUT2D eigenvalue weighted by Gasteiger charge is -2.00. The van der Waals surface area contributed by atoms with E-state index in [1.165, 1.54) is 0 Å². The van der Waals surface area contributed by atoms with Crippen LogP contribution in [0.2, 0.25) is 0 Å². The number of rotatable bonds is 4. The second-order valence-corrected chi connectivity index (χ2v) is 6.73. The van der Waals surface area contributed by atoms with Gasteiger partial charge in [0.1, 0.15) is 0 Å². The number of pyridine rings is 1. The zero-order chi connectivity index (χ0) is 14.9. The summed E-state index contributed by atoms with van der Waals surface area (Å²) >= 11 is 0. The molecule has 1 aromatic carbocycles. The number of aryl methyl sites for hydroxylation is 1. The molecule has 108 valence electrons. The van der Waals surface area contributed by atoms with Crippen LogP contribution in [0, 0.1) is 0 Å². The second kappa shape index (κ2) is 5.17. The first-order valence-electron chi connectivity index (χ1n) is 6.42. The molecule has 0 aliphatic heterocycles. The molecule has 0 unspecified atom stereocenters. The second-order valence-electron chi connectivity index (χ2n) is 4.71. The molecule has 3 N–H and O–H groups in total. The number of nitrogens with two attached hydrogens (primary N) is 1. The smallest absolute Gasteiger partial charge is 0.226 e. The number of benzene rings is 1. The third kappa shape index (κ3) is 2.87. The fourth-order valence-corrected chi connectivity index (χ4v) is 3.21. The number of anilines is 1. The number of H-pyrrole nitrogens is 1. The van der Waals surface area contributed by atoms with Crippen LogP contribution in [0.1, 0.15) is 5.69 Å². The van der Waals surface area contributed by atoms with E-state index in [0.29, 0.717) is 23.1 Å². The lowest BCUT2D eigenvalue weighted by Crippen LogP contribution is -2.11. The Balaban J connectivity index is 1.86. The Kier molecular flexibility index (Phi) is 3.34. The van der Waals surface area contributed by atoms with Crippen molar-refractivity contribution < 1.29 is 8.42 Å². The average molecular weight is 302 g/mol. The number of aromatic amines is 1. The fourth-order valence-electron chi connectivity index (χ4n) is 2.03. The summed E-state index contributed by atoms with van der Waals surface area (Å²) in [6.07, 6.45) is 1.99. The molecular weight excluding hydrogens is 288 g/mol. The summed E-state index contributed by atoms with van der Waals surface area (Å²) in [7, 11) is -3.48. The Morgan fingerprint density at radius 3 is 2.81 bits per heavy atom. The van der Waals surface area contributed by atoms with E-state index in [4.69, 9.17) is 5.73 Å². The van der Waals surface area contributed by atoms with Crippen molar-refractivity contribution in [2.45, 2.75) is 11.6 Å². The van der Waals surface area contributed by atoms with Crippen molar-refractivity contribution in [1.29, 1.82) is 0 Å². The normalized spacial score (nSPS) is 11.8. The molecule has 7 heteroatoms. The summed E-state index contributed by atoms with van der Waals surface area (Å²) in [5.41, 5.74) is 8.17. The summed E-state index contributed by atoms with van der Waals surface area (Å²) in [6, 6.07) is 10.5. The van der Waals surface area contributed by atoms with Gasteiger partial charge in [-0.05, 0) is 30.3 Å².